The van der Waals surface area contributed by atoms with Crippen LogP contribution in [0.3, 0.4) is 0 Å². The molecule has 1 saturated heterocycles. The Morgan fingerprint density at radius 3 is 2.52 bits per heavy atom. The van der Waals surface area contributed by atoms with E-state index >= 15 is 0 Å². The van der Waals surface area contributed by atoms with Gasteiger partial charge in [0, 0.05) is 25.6 Å². The molecule has 0 aromatic heterocycles. The lowest BCUT2D eigenvalue weighted by Gasteiger charge is -2.22. The summed E-state index contributed by atoms with van der Waals surface area (Å²) in [5.41, 5.74) is 5.93. The fourth-order valence-corrected chi connectivity index (χ4v) is 2.82. The summed E-state index contributed by atoms with van der Waals surface area (Å²) in [6.45, 7) is 1.11. The first-order valence-corrected chi connectivity index (χ1v) is 7.94. The minimum Gasteiger partial charge on any atom is -0.493 e. The minimum atomic E-state index is -0.613. The average Bonchev–Trinajstić information content (AvgIpc) is 3.28. The molecule has 2 N–H and O–H groups in total. The molecule has 1 aromatic carbocycles. The molecule has 6 heteroatoms. The number of likely N-dealkylation sites (tertiary alicyclic amines) is 1. The molecular weight excluding hydrogens is 296 g/mol. The third-order valence-corrected chi connectivity index (χ3v) is 4.47. The van der Waals surface area contributed by atoms with Gasteiger partial charge in [-0.15, -0.1) is 0 Å². The Labute approximate surface area is 135 Å². The highest BCUT2D eigenvalue weighted by Crippen LogP contribution is 2.29. The summed E-state index contributed by atoms with van der Waals surface area (Å²) < 4.78 is 10.9. The van der Waals surface area contributed by atoms with Crippen molar-refractivity contribution in [2.45, 2.75) is 31.4 Å². The Kier molecular flexibility index (Phi) is 4.52. The summed E-state index contributed by atoms with van der Waals surface area (Å²) in [5, 5.41) is 0. The maximum atomic E-state index is 12.6. The molecule has 124 valence electrons. The molecule has 1 saturated carbocycles. The van der Waals surface area contributed by atoms with E-state index in [-0.39, 0.29) is 12.0 Å². The Balaban J connectivity index is 1.67. The van der Waals surface area contributed by atoms with Gasteiger partial charge in [0.2, 0.25) is 5.91 Å². The Hall–Kier alpha value is -2.08. The van der Waals surface area contributed by atoms with Gasteiger partial charge in [-0.25, -0.2) is 0 Å². The van der Waals surface area contributed by atoms with Crippen LogP contribution in [-0.4, -0.2) is 49.1 Å². The van der Waals surface area contributed by atoms with Gasteiger partial charge in [0.1, 0.15) is 11.8 Å². The van der Waals surface area contributed by atoms with Crippen molar-refractivity contribution in [3.8, 4) is 5.75 Å². The number of carbonyl (C=O) groups is 2. The van der Waals surface area contributed by atoms with Gasteiger partial charge in [0.15, 0.2) is 0 Å². The van der Waals surface area contributed by atoms with Gasteiger partial charge in [0.05, 0.1) is 12.7 Å². The van der Waals surface area contributed by atoms with Crippen LogP contribution in [-0.2, 0) is 9.53 Å². The predicted octanol–water partition coefficient (Wildman–Crippen LogP) is 1.19. The molecule has 3 rings (SSSR count). The number of benzene rings is 1. The molecule has 0 unspecified atom stereocenters. The number of carbonyl (C=O) groups excluding carboxylic acids is 2. The Morgan fingerprint density at radius 1 is 1.26 bits per heavy atom. The first kappa shape index (κ1) is 15.8. The van der Waals surface area contributed by atoms with Crippen molar-refractivity contribution in [2.75, 3.05) is 20.3 Å². The van der Waals surface area contributed by atoms with E-state index < -0.39 is 11.9 Å². The van der Waals surface area contributed by atoms with Crippen LogP contribution in [0, 0.1) is 5.92 Å². The van der Waals surface area contributed by atoms with Crippen LogP contribution < -0.4 is 10.5 Å². The smallest absolute Gasteiger partial charge is 0.254 e. The first-order valence-electron chi connectivity index (χ1n) is 7.94. The molecular formula is C17H22N2O4. The van der Waals surface area contributed by atoms with Gasteiger partial charge >= 0.3 is 0 Å². The van der Waals surface area contributed by atoms with Crippen molar-refractivity contribution in [3.63, 3.8) is 0 Å². The van der Waals surface area contributed by atoms with Crippen molar-refractivity contribution >= 4 is 11.8 Å². The maximum Gasteiger partial charge on any atom is 0.254 e. The lowest BCUT2D eigenvalue weighted by atomic mass is 10.1. The van der Waals surface area contributed by atoms with Crippen molar-refractivity contribution in [2.24, 2.45) is 11.7 Å². The van der Waals surface area contributed by atoms with Crippen LogP contribution in [0.25, 0.3) is 0 Å². The molecule has 0 radical (unpaired) electrons. The second-order valence-corrected chi connectivity index (χ2v) is 6.25. The van der Waals surface area contributed by atoms with Crippen LogP contribution in [0.15, 0.2) is 24.3 Å². The SMILES string of the molecule is CO[C@H]1C[C@@H](C(N)=O)N(C(=O)c2ccc(OCC3CC3)cc2)C1. The summed E-state index contributed by atoms with van der Waals surface area (Å²) in [5.74, 6) is 0.740. The maximum absolute atomic E-state index is 12.6. The lowest BCUT2D eigenvalue weighted by molar-refractivity contribution is -0.121. The lowest BCUT2D eigenvalue weighted by Crippen LogP contribution is -2.43. The molecule has 1 heterocycles. The molecule has 1 aliphatic carbocycles. The highest BCUT2D eigenvalue weighted by Gasteiger charge is 2.39. The summed E-state index contributed by atoms with van der Waals surface area (Å²) in [6, 6.07) is 6.42. The topological polar surface area (TPSA) is 81.9 Å². The molecule has 6 nitrogen and oxygen atoms in total. The van der Waals surface area contributed by atoms with Gasteiger partial charge in [-0.05, 0) is 43.0 Å². The zero-order valence-corrected chi connectivity index (χ0v) is 13.2. The second kappa shape index (κ2) is 6.58. The highest BCUT2D eigenvalue weighted by atomic mass is 16.5. The van der Waals surface area contributed by atoms with E-state index in [0.717, 1.165) is 12.4 Å². The minimum absolute atomic E-state index is 0.155. The monoisotopic (exact) mass is 318 g/mol. The number of amides is 2. The summed E-state index contributed by atoms with van der Waals surface area (Å²) >= 11 is 0. The predicted molar refractivity (Wildman–Crippen MR) is 84.1 cm³/mol. The van der Waals surface area contributed by atoms with Crippen molar-refractivity contribution < 1.29 is 19.1 Å². The van der Waals surface area contributed by atoms with Crippen molar-refractivity contribution in [1.29, 1.82) is 0 Å². The van der Waals surface area contributed by atoms with Gasteiger partial charge < -0.3 is 20.1 Å². The number of methoxy groups -OCH3 is 1. The van der Waals surface area contributed by atoms with E-state index in [4.69, 9.17) is 15.2 Å². The van der Waals surface area contributed by atoms with Gasteiger partial charge in [0.25, 0.3) is 5.91 Å². The summed E-state index contributed by atoms with van der Waals surface area (Å²) in [6.07, 6.45) is 2.76. The van der Waals surface area contributed by atoms with Crippen LogP contribution in [0.2, 0.25) is 0 Å². The number of hydrogen-bond donors (Lipinski definition) is 1. The van der Waals surface area contributed by atoms with Crippen LogP contribution in [0.1, 0.15) is 29.6 Å². The van der Waals surface area contributed by atoms with E-state index in [1.807, 2.05) is 0 Å². The average molecular weight is 318 g/mol. The molecule has 23 heavy (non-hydrogen) atoms. The van der Waals surface area contributed by atoms with E-state index in [2.05, 4.69) is 0 Å². The fourth-order valence-electron chi connectivity index (χ4n) is 2.82. The third kappa shape index (κ3) is 3.64. The quantitative estimate of drug-likeness (QED) is 0.854. The molecule has 2 atom stereocenters. The largest absolute Gasteiger partial charge is 0.493 e. The zero-order valence-electron chi connectivity index (χ0n) is 13.2. The molecule has 2 fully saturated rings. The fraction of sp³-hybridized carbons (Fsp3) is 0.529. The Morgan fingerprint density at radius 2 is 1.96 bits per heavy atom. The number of rotatable bonds is 6. The van der Waals surface area contributed by atoms with E-state index in [1.54, 1.807) is 31.4 Å². The standard InChI is InChI=1S/C17H22N2O4/c1-22-14-8-15(16(18)20)19(9-14)17(21)12-4-6-13(7-5-12)23-10-11-2-3-11/h4-7,11,14-15H,2-3,8-10H2,1H3,(H2,18,20)/t14-,15-/m0/s1. The zero-order chi connectivity index (χ0) is 16.4. The van der Waals surface area contributed by atoms with Gasteiger partial charge in [-0.3, -0.25) is 9.59 Å². The molecule has 1 aromatic rings. The summed E-state index contributed by atoms with van der Waals surface area (Å²) in [4.78, 5) is 25.7. The van der Waals surface area contributed by atoms with Crippen LogP contribution in [0.5, 0.6) is 5.75 Å². The molecule has 0 spiro atoms. The molecule has 1 aliphatic heterocycles. The number of ether oxygens (including phenoxy) is 2. The van der Waals surface area contributed by atoms with Gasteiger partial charge in [-0.2, -0.15) is 0 Å². The van der Waals surface area contributed by atoms with Gasteiger partial charge in [-0.1, -0.05) is 0 Å². The Bertz CT molecular complexity index is 583. The number of primary amides is 1. The van der Waals surface area contributed by atoms with Crippen molar-refractivity contribution in [3.05, 3.63) is 29.8 Å². The highest BCUT2D eigenvalue weighted by molar-refractivity contribution is 5.97. The first-order chi connectivity index (χ1) is 11.1. The normalized spacial score (nSPS) is 23.8. The summed E-state index contributed by atoms with van der Waals surface area (Å²) in [7, 11) is 1.57. The second-order valence-electron chi connectivity index (χ2n) is 6.25. The third-order valence-electron chi connectivity index (χ3n) is 4.47. The number of nitrogens with zero attached hydrogens (tertiary/aromatic N) is 1. The van der Waals surface area contributed by atoms with Crippen molar-refractivity contribution in [1.82, 2.24) is 4.90 Å². The molecule has 2 aliphatic rings. The van der Waals surface area contributed by atoms with E-state index in [0.29, 0.717) is 24.4 Å². The van der Waals surface area contributed by atoms with Crippen LogP contribution >= 0.6 is 0 Å². The van der Waals surface area contributed by atoms with Crippen LogP contribution in [0.4, 0.5) is 0 Å². The molecule has 2 amide bonds. The number of hydrogen-bond acceptors (Lipinski definition) is 4. The van der Waals surface area contributed by atoms with E-state index in [9.17, 15) is 9.59 Å². The van der Waals surface area contributed by atoms with E-state index in [1.165, 1.54) is 17.7 Å². The molecule has 0 bridgehead atoms. The number of nitrogens with two attached hydrogens (primary N) is 1.